The molecule has 26 heavy (non-hydrogen) atoms. The summed E-state index contributed by atoms with van der Waals surface area (Å²) < 4.78 is 1.85. The maximum Gasteiger partial charge on any atom is 0.290 e. The smallest absolute Gasteiger partial charge is 0.290 e. The van der Waals surface area contributed by atoms with Crippen LogP contribution >= 0.6 is 0 Å². The minimum Gasteiger partial charge on any atom is -0.322 e. The summed E-state index contributed by atoms with van der Waals surface area (Å²) in [7, 11) is 0. The van der Waals surface area contributed by atoms with Gasteiger partial charge in [-0.1, -0.05) is 36.4 Å². The Morgan fingerprint density at radius 1 is 0.846 bits per heavy atom. The van der Waals surface area contributed by atoms with Gasteiger partial charge in [0, 0.05) is 24.7 Å². The molecule has 3 rings (SSSR count). The quantitative estimate of drug-likeness (QED) is 0.697. The van der Waals surface area contributed by atoms with E-state index in [2.05, 4.69) is 10.6 Å². The van der Waals surface area contributed by atoms with E-state index in [4.69, 9.17) is 0 Å². The first-order chi connectivity index (χ1) is 12.6. The van der Waals surface area contributed by atoms with Crippen LogP contribution in [0.3, 0.4) is 0 Å². The maximum absolute atomic E-state index is 12.6. The lowest BCUT2D eigenvalue weighted by molar-refractivity contribution is -0.690. The first-order valence-electron chi connectivity index (χ1n) is 8.34. The summed E-state index contributed by atoms with van der Waals surface area (Å²) in [4.78, 5) is 25.0. The number of nitrogens with zero attached hydrogens (tertiary/aromatic N) is 1. The van der Waals surface area contributed by atoms with Crippen LogP contribution in [0.5, 0.6) is 0 Å². The first-order valence-corrected chi connectivity index (χ1v) is 8.34. The van der Waals surface area contributed by atoms with Crippen LogP contribution in [0.1, 0.15) is 16.1 Å². The molecule has 0 saturated carbocycles. The zero-order valence-corrected chi connectivity index (χ0v) is 14.5. The molecule has 1 heterocycles. The molecule has 0 saturated heterocycles. The second-order valence-corrected chi connectivity index (χ2v) is 5.88. The number of hydrogen-bond donors (Lipinski definition) is 2. The Hall–Kier alpha value is -3.47. The molecule has 3 aromatic rings. The molecule has 0 fully saturated rings. The number of rotatable bonds is 5. The second-order valence-electron chi connectivity index (χ2n) is 5.88. The SMILES string of the molecule is Cc1cccc[n+]1CC(=O)Nc1ccccc1C(=O)Nc1ccccc1. The fraction of sp³-hybridized carbons (Fsp3) is 0.0952. The van der Waals surface area contributed by atoms with Crippen molar-refractivity contribution < 1.29 is 14.2 Å². The Morgan fingerprint density at radius 3 is 2.31 bits per heavy atom. The Bertz CT molecular complexity index is 923. The third-order valence-electron chi connectivity index (χ3n) is 3.96. The average Bonchev–Trinajstić information content (AvgIpc) is 2.65. The van der Waals surface area contributed by atoms with E-state index in [0.29, 0.717) is 16.9 Å². The number of carbonyl (C=O) groups excluding carboxylic acids is 2. The molecule has 0 aliphatic carbocycles. The average molecular weight is 346 g/mol. The van der Waals surface area contributed by atoms with E-state index in [1.165, 1.54) is 0 Å². The molecule has 2 aromatic carbocycles. The summed E-state index contributed by atoms with van der Waals surface area (Å²) in [6.45, 7) is 2.12. The van der Waals surface area contributed by atoms with Crippen LogP contribution in [0.25, 0.3) is 0 Å². The Labute approximate surface area is 152 Å². The monoisotopic (exact) mass is 346 g/mol. The van der Waals surface area contributed by atoms with Crippen molar-refractivity contribution in [2.75, 3.05) is 10.6 Å². The first kappa shape index (κ1) is 17.4. The molecule has 0 aliphatic heterocycles. The molecular formula is C21H20N3O2+. The van der Waals surface area contributed by atoms with Crippen LogP contribution < -0.4 is 15.2 Å². The van der Waals surface area contributed by atoms with Gasteiger partial charge in [-0.05, 0) is 24.3 Å². The van der Waals surface area contributed by atoms with E-state index >= 15 is 0 Å². The molecule has 2 N–H and O–H groups in total. The third-order valence-corrected chi connectivity index (χ3v) is 3.96. The van der Waals surface area contributed by atoms with Gasteiger partial charge in [0.2, 0.25) is 6.54 Å². The highest BCUT2D eigenvalue weighted by Gasteiger charge is 2.16. The summed E-state index contributed by atoms with van der Waals surface area (Å²) in [5.74, 6) is -0.458. The second kappa shape index (κ2) is 8.07. The lowest BCUT2D eigenvalue weighted by atomic mass is 10.1. The predicted molar refractivity (Wildman–Crippen MR) is 101 cm³/mol. The number of benzene rings is 2. The van der Waals surface area contributed by atoms with Gasteiger partial charge < -0.3 is 10.6 Å². The molecule has 0 aliphatic rings. The maximum atomic E-state index is 12.6. The highest BCUT2D eigenvalue weighted by atomic mass is 16.2. The molecule has 5 nitrogen and oxygen atoms in total. The van der Waals surface area contributed by atoms with Crippen molar-refractivity contribution >= 4 is 23.2 Å². The zero-order valence-electron chi connectivity index (χ0n) is 14.5. The molecular weight excluding hydrogens is 326 g/mol. The van der Waals surface area contributed by atoms with Crippen LogP contribution in [0.15, 0.2) is 79.0 Å². The van der Waals surface area contributed by atoms with Crippen LogP contribution in [0.4, 0.5) is 11.4 Å². The largest absolute Gasteiger partial charge is 0.322 e. The van der Waals surface area contributed by atoms with Gasteiger partial charge in [0.15, 0.2) is 11.9 Å². The lowest BCUT2D eigenvalue weighted by Crippen LogP contribution is -2.42. The Kier molecular flexibility index (Phi) is 5.39. The van der Waals surface area contributed by atoms with Crippen molar-refractivity contribution in [3.63, 3.8) is 0 Å². The van der Waals surface area contributed by atoms with Gasteiger partial charge >= 0.3 is 0 Å². The van der Waals surface area contributed by atoms with Gasteiger partial charge in [0.1, 0.15) is 0 Å². The van der Waals surface area contributed by atoms with Crippen LogP contribution in [-0.2, 0) is 11.3 Å². The van der Waals surface area contributed by atoms with Crippen molar-refractivity contribution in [2.24, 2.45) is 0 Å². The molecule has 2 amide bonds. The van der Waals surface area contributed by atoms with Crippen LogP contribution in [0, 0.1) is 6.92 Å². The van der Waals surface area contributed by atoms with Gasteiger partial charge in [0.25, 0.3) is 11.8 Å². The predicted octanol–water partition coefficient (Wildman–Crippen LogP) is 3.17. The number of para-hydroxylation sites is 2. The van der Waals surface area contributed by atoms with E-state index in [9.17, 15) is 9.59 Å². The number of aromatic nitrogens is 1. The van der Waals surface area contributed by atoms with Crippen molar-refractivity contribution in [2.45, 2.75) is 13.5 Å². The summed E-state index contributed by atoms with van der Waals surface area (Å²) in [5, 5.41) is 5.67. The molecule has 130 valence electrons. The standard InChI is InChI=1S/C21H19N3O2/c1-16-9-7-8-14-24(16)15-20(25)23-19-13-6-5-12-18(19)21(26)22-17-10-3-2-4-11-17/h2-14H,15H2,1H3,(H-,22,23,25,26)/p+1. The molecule has 0 spiro atoms. The molecule has 0 atom stereocenters. The van der Waals surface area contributed by atoms with Crippen molar-refractivity contribution in [1.82, 2.24) is 0 Å². The summed E-state index contributed by atoms with van der Waals surface area (Å²) in [6, 6.07) is 21.9. The highest BCUT2D eigenvalue weighted by Crippen LogP contribution is 2.17. The van der Waals surface area contributed by atoms with Crippen LogP contribution in [-0.4, -0.2) is 11.8 Å². The molecule has 1 aromatic heterocycles. The third kappa shape index (κ3) is 4.33. The highest BCUT2D eigenvalue weighted by molar-refractivity contribution is 6.09. The molecule has 0 radical (unpaired) electrons. The Balaban J connectivity index is 1.73. The fourth-order valence-electron chi connectivity index (χ4n) is 2.59. The van der Waals surface area contributed by atoms with Gasteiger partial charge in [-0.25, -0.2) is 0 Å². The Morgan fingerprint density at radius 2 is 1.54 bits per heavy atom. The van der Waals surface area contributed by atoms with E-state index in [1.54, 1.807) is 24.3 Å². The molecule has 5 heteroatoms. The number of nitrogens with one attached hydrogen (secondary N) is 2. The molecule has 0 bridgehead atoms. The minimum atomic E-state index is -0.268. The number of hydrogen-bond acceptors (Lipinski definition) is 2. The lowest BCUT2D eigenvalue weighted by Gasteiger charge is -2.11. The van der Waals surface area contributed by atoms with Gasteiger partial charge in [0.05, 0.1) is 11.3 Å². The number of carbonyl (C=O) groups is 2. The van der Waals surface area contributed by atoms with Crippen molar-refractivity contribution in [1.29, 1.82) is 0 Å². The minimum absolute atomic E-state index is 0.182. The van der Waals surface area contributed by atoms with Gasteiger partial charge in [-0.3, -0.25) is 9.59 Å². The van der Waals surface area contributed by atoms with Gasteiger partial charge in [-0.15, -0.1) is 0 Å². The van der Waals surface area contributed by atoms with E-state index in [1.807, 2.05) is 66.2 Å². The zero-order chi connectivity index (χ0) is 18.4. The fourth-order valence-corrected chi connectivity index (χ4v) is 2.59. The van der Waals surface area contributed by atoms with E-state index in [-0.39, 0.29) is 18.4 Å². The summed E-state index contributed by atoms with van der Waals surface area (Å²) in [5.41, 5.74) is 2.59. The van der Waals surface area contributed by atoms with E-state index in [0.717, 1.165) is 5.69 Å². The number of aryl methyl sites for hydroxylation is 1. The topological polar surface area (TPSA) is 62.1 Å². The summed E-state index contributed by atoms with van der Waals surface area (Å²) in [6.07, 6.45) is 1.85. The molecule has 0 unspecified atom stereocenters. The number of anilines is 2. The number of amides is 2. The number of pyridine rings is 1. The van der Waals surface area contributed by atoms with Crippen LogP contribution in [0.2, 0.25) is 0 Å². The normalized spacial score (nSPS) is 10.2. The summed E-state index contributed by atoms with van der Waals surface area (Å²) >= 11 is 0. The van der Waals surface area contributed by atoms with Gasteiger partial charge in [-0.2, -0.15) is 4.57 Å². The van der Waals surface area contributed by atoms with E-state index < -0.39 is 0 Å². The van der Waals surface area contributed by atoms with Crippen molar-refractivity contribution in [3.8, 4) is 0 Å². The van der Waals surface area contributed by atoms with Crippen molar-refractivity contribution in [3.05, 3.63) is 90.3 Å².